The smallest absolute Gasteiger partial charge is 0.349 e. The number of ether oxygens (including phenoxy) is 1. The number of nitrogens with zero attached hydrogens (tertiary/aromatic N) is 2. The molecular formula is C10H17N3O4. The highest BCUT2D eigenvalue weighted by atomic mass is 16.5. The molecule has 7 nitrogen and oxygen atoms in total. The van der Waals surface area contributed by atoms with E-state index in [0.717, 1.165) is 0 Å². The number of anilines is 1. The van der Waals surface area contributed by atoms with Crippen LogP contribution in [0.3, 0.4) is 0 Å². The number of nitrogens with two attached hydrogens (primary N) is 1. The molecule has 4 N–H and O–H groups in total. The molecule has 0 aliphatic heterocycles. The topological polar surface area (TPSA) is 111 Å². The fourth-order valence-corrected chi connectivity index (χ4v) is 1.42. The highest BCUT2D eigenvalue weighted by Gasteiger charge is 2.17. The van der Waals surface area contributed by atoms with E-state index < -0.39 is 17.9 Å². The predicted octanol–water partition coefficient (Wildman–Crippen LogP) is -1.42. The summed E-state index contributed by atoms with van der Waals surface area (Å²) in [5.74, 6) is 0.164. The molecule has 0 radical (unpaired) electrons. The van der Waals surface area contributed by atoms with Gasteiger partial charge in [0.15, 0.2) is 0 Å². The first-order valence-electron chi connectivity index (χ1n) is 5.23. The van der Waals surface area contributed by atoms with Gasteiger partial charge in [0.1, 0.15) is 11.9 Å². The van der Waals surface area contributed by atoms with Crippen LogP contribution in [-0.2, 0) is 11.3 Å². The molecule has 1 aromatic heterocycles. The minimum absolute atomic E-state index is 0.164. The number of methoxy groups -OCH3 is 1. The summed E-state index contributed by atoms with van der Waals surface area (Å²) in [5.41, 5.74) is 4.89. The van der Waals surface area contributed by atoms with Gasteiger partial charge in [-0.05, 0) is 12.5 Å². The lowest BCUT2D eigenvalue weighted by molar-refractivity contribution is -0.0452. The lowest BCUT2D eigenvalue weighted by Gasteiger charge is -2.19. The van der Waals surface area contributed by atoms with E-state index in [0.29, 0.717) is 0 Å². The molecule has 0 saturated carbocycles. The standard InChI is InChI=1S/C10H17N3O4/c1-17-8(6-14)7(15)2-4-13-5-3-9(11)12-10(13)16/h3,5,7-8,14-15H,2,4,6H2,1H3,(H2,11,12,16)/t7-,8+/m0/s1. The number of aliphatic hydroxyl groups is 2. The first kappa shape index (κ1) is 13.6. The summed E-state index contributed by atoms with van der Waals surface area (Å²) in [4.78, 5) is 14.9. The molecule has 0 saturated heterocycles. The van der Waals surface area contributed by atoms with Gasteiger partial charge in [0.05, 0.1) is 12.7 Å². The van der Waals surface area contributed by atoms with Gasteiger partial charge >= 0.3 is 5.69 Å². The highest BCUT2D eigenvalue weighted by molar-refractivity contribution is 5.23. The Labute approximate surface area is 98.5 Å². The SMILES string of the molecule is CO[C@H](CO)[C@@H](O)CCn1ccc(N)nc1=O. The lowest BCUT2D eigenvalue weighted by Crippen LogP contribution is -2.33. The van der Waals surface area contributed by atoms with Crippen molar-refractivity contribution in [3.63, 3.8) is 0 Å². The third-order valence-electron chi connectivity index (χ3n) is 2.47. The largest absolute Gasteiger partial charge is 0.394 e. The molecule has 17 heavy (non-hydrogen) atoms. The average Bonchev–Trinajstić information content (AvgIpc) is 2.29. The molecule has 1 aromatic rings. The summed E-state index contributed by atoms with van der Waals surface area (Å²) < 4.78 is 6.21. The van der Waals surface area contributed by atoms with E-state index in [2.05, 4.69) is 4.98 Å². The number of nitrogen functional groups attached to an aromatic ring is 1. The zero-order valence-electron chi connectivity index (χ0n) is 9.61. The number of aromatic nitrogens is 2. The van der Waals surface area contributed by atoms with Crippen molar-refractivity contribution in [2.24, 2.45) is 0 Å². The first-order valence-corrected chi connectivity index (χ1v) is 5.23. The minimum Gasteiger partial charge on any atom is -0.394 e. The van der Waals surface area contributed by atoms with Crippen LogP contribution in [0.4, 0.5) is 5.82 Å². The number of aliphatic hydroxyl groups excluding tert-OH is 2. The van der Waals surface area contributed by atoms with Gasteiger partial charge in [0.25, 0.3) is 0 Å². The van der Waals surface area contributed by atoms with E-state index in [9.17, 15) is 9.90 Å². The molecule has 1 heterocycles. The molecule has 7 heteroatoms. The Morgan fingerprint density at radius 3 is 2.88 bits per heavy atom. The quantitative estimate of drug-likeness (QED) is 0.565. The van der Waals surface area contributed by atoms with E-state index in [1.165, 1.54) is 23.9 Å². The second-order valence-corrected chi connectivity index (χ2v) is 3.64. The Bertz CT molecular complexity index is 403. The molecule has 0 aromatic carbocycles. The Hall–Kier alpha value is -1.44. The second-order valence-electron chi connectivity index (χ2n) is 3.64. The van der Waals surface area contributed by atoms with Gasteiger partial charge in [0, 0.05) is 19.9 Å². The van der Waals surface area contributed by atoms with E-state index in [1.54, 1.807) is 0 Å². The minimum atomic E-state index is -0.838. The van der Waals surface area contributed by atoms with Crippen molar-refractivity contribution in [1.82, 2.24) is 9.55 Å². The summed E-state index contributed by atoms with van der Waals surface area (Å²) in [5, 5.41) is 18.6. The highest BCUT2D eigenvalue weighted by Crippen LogP contribution is 2.04. The van der Waals surface area contributed by atoms with E-state index >= 15 is 0 Å². The summed E-state index contributed by atoms with van der Waals surface area (Å²) in [6.07, 6.45) is 0.310. The summed E-state index contributed by atoms with van der Waals surface area (Å²) in [6, 6.07) is 1.51. The zero-order valence-corrected chi connectivity index (χ0v) is 9.61. The zero-order chi connectivity index (χ0) is 12.8. The third kappa shape index (κ3) is 3.81. The molecule has 2 atom stereocenters. The average molecular weight is 243 g/mol. The van der Waals surface area contributed by atoms with Crippen LogP contribution < -0.4 is 11.4 Å². The van der Waals surface area contributed by atoms with Gasteiger partial charge in [-0.3, -0.25) is 4.57 Å². The summed E-state index contributed by atoms with van der Waals surface area (Å²) >= 11 is 0. The maximum Gasteiger partial charge on any atom is 0.349 e. The Balaban J connectivity index is 2.58. The van der Waals surface area contributed by atoms with Gasteiger partial charge < -0.3 is 20.7 Å². The molecule has 0 aliphatic carbocycles. The van der Waals surface area contributed by atoms with Crippen LogP contribution in [0, 0.1) is 0 Å². The van der Waals surface area contributed by atoms with Crippen LogP contribution in [0.25, 0.3) is 0 Å². The molecule has 0 fully saturated rings. The van der Waals surface area contributed by atoms with E-state index in [-0.39, 0.29) is 25.4 Å². The summed E-state index contributed by atoms with van der Waals surface area (Å²) in [7, 11) is 1.40. The van der Waals surface area contributed by atoms with E-state index in [4.69, 9.17) is 15.6 Å². The Morgan fingerprint density at radius 2 is 2.35 bits per heavy atom. The fraction of sp³-hybridized carbons (Fsp3) is 0.600. The van der Waals surface area contributed by atoms with Crippen molar-refractivity contribution in [2.75, 3.05) is 19.5 Å². The Morgan fingerprint density at radius 1 is 1.65 bits per heavy atom. The van der Waals surface area contributed by atoms with E-state index in [1.807, 2.05) is 0 Å². The maximum absolute atomic E-state index is 11.4. The van der Waals surface area contributed by atoms with Crippen LogP contribution in [0.5, 0.6) is 0 Å². The van der Waals surface area contributed by atoms with Crippen molar-refractivity contribution in [1.29, 1.82) is 0 Å². The van der Waals surface area contributed by atoms with Gasteiger partial charge in [-0.15, -0.1) is 0 Å². The van der Waals surface area contributed by atoms with Crippen LogP contribution in [-0.4, -0.2) is 45.7 Å². The Kier molecular flexibility index (Phi) is 5.08. The van der Waals surface area contributed by atoms with Gasteiger partial charge in [-0.2, -0.15) is 4.98 Å². The fourth-order valence-electron chi connectivity index (χ4n) is 1.42. The lowest BCUT2D eigenvalue weighted by atomic mass is 10.1. The monoisotopic (exact) mass is 243 g/mol. The van der Waals surface area contributed by atoms with Crippen molar-refractivity contribution in [2.45, 2.75) is 25.2 Å². The van der Waals surface area contributed by atoms with Crippen molar-refractivity contribution in [3.8, 4) is 0 Å². The number of hydrogen-bond donors (Lipinski definition) is 3. The van der Waals surface area contributed by atoms with Crippen LogP contribution in [0.15, 0.2) is 17.1 Å². The van der Waals surface area contributed by atoms with Crippen molar-refractivity contribution >= 4 is 5.82 Å². The predicted molar refractivity (Wildman–Crippen MR) is 61.4 cm³/mol. The van der Waals surface area contributed by atoms with Crippen LogP contribution >= 0.6 is 0 Å². The molecular weight excluding hydrogens is 226 g/mol. The molecule has 96 valence electrons. The maximum atomic E-state index is 11.4. The van der Waals surface area contributed by atoms with Crippen molar-refractivity contribution < 1.29 is 14.9 Å². The van der Waals surface area contributed by atoms with Crippen LogP contribution in [0.1, 0.15) is 6.42 Å². The van der Waals surface area contributed by atoms with Gasteiger partial charge in [-0.1, -0.05) is 0 Å². The molecule has 0 spiro atoms. The number of aryl methyl sites for hydroxylation is 1. The molecule has 0 aliphatic rings. The first-order chi connectivity index (χ1) is 8.08. The third-order valence-corrected chi connectivity index (χ3v) is 2.47. The molecule has 1 rings (SSSR count). The van der Waals surface area contributed by atoms with Crippen LogP contribution in [0.2, 0.25) is 0 Å². The second kappa shape index (κ2) is 6.33. The molecule has 0 unspecified atom stereocenters. The normalized spacial score (nSPS) is 14.5. The van der Waals surface area contributed by atoms with Gasteiger partial charge in [-0.25, -0.2) is 4.79 Å². The number of rotatable bonds is 6. The van der Waals surface area contributed by atoms with Crippen molar-refractivity contribution in [3.05, 3.63) is 22.7 Å². The summed E-state index contributed by atoms with van der Waals surface area (Å²) in [6.45, 7) is 0.0136. The molecule has 0 bridgehead atoms. The number of hydrogen-bond acceptors (Lipinski definition) is 6. The molecule has 0 amide bonds. The van der Waals surface area contributed by atoms with Gasteiger partial charge in [0.2, 0.25) is 0 Å².